The van der Waals surface area contributed by atoms with E-state index in [4.69, 9.17) is 4.74 Å². The summed E-state index contributed by atoms with van der Waals surface area (Å²) < 4.78 is 59.1. The first-order valence-corrected chi connectivity index (χ1v) is 10.1. The highest BCUT2D eigenvalue weighted by molar-refractivity contribution is 7.90. The van der Waals surface area contributed by atoms with Crippen LogP contribution in [0.2, 0.25) is 0 Å². The van der Waals surface area contributed by atoms with Crippen LogP contribution in [0.25, 0.3) is 0 Å². The highest BCUT2D eigenvalue weighted by Crippen LogP contribution is 2.23. The number of morpholine rings is 1. The summed E-state index contributed by atoms with van der Waals surface area (Å²) in [7, 11) is -4.08. The Morgan fingerprint density at radius 3 is 2.50 bits per heavy atom. The number of carboxylic acids is 1. The molecule has 0 aliphatic carbocycles. The number of alkyl halides is 2. The van der Waals surface area contributed by atoms with E-state index >= 15 is 0 Å². The molecule has 9 nitrogen and oxygen atoms in total. The number of amides is 2. The normalized spacial score (nSPS) is 15.9. The summed E-state index contributed by atoms with van der Waals surface area (Å²) in [6.07, 6.45) is 0. The number of nitrogens with one attached hydrogen (secondary N) is 1. The van der Waals surface area contributed by atoms with Crippen LogP contribution in [0.3, 0.4) is 0 Å². The zero-order valence-electron chi connectivity index (χ0n) is 14.7. The second-order valence-corrected chi connectivity index (χ2v) is 8.09. The van der Waals surface area contributed by atoms with E-state index in [1.54, 1.807) is 0 Å². The van der Waals surface area contributed by atoms with Gasteiger partial charge in [-0.25, -0.2) is 18.0 Å². The number of benzene rings is 1. The zero-order valence-corrected chi connectivity index (χ0v) is 15.5. The summed E-state index contributed by atoms with van der Waals surface area (Å²) in [5, 5.41) is 11.5. The van der Waals surface area contributed by atoms with Gasteiger partial charge in [0.25, 0.3) is 0 Å². The lowest BCUT2D eigenvalue weighted by Gasteiger charge is -2.28. The van der Waals surface area contributed by atoms with Gasteiger partial charge in [0, 0.05) is 18.7 Å². The number of rotatable bonds is 8. The molecule has 28 heavy (non-hydrogen) atoms. The molecule has 1 saturated heterocycles. The molecule has 2 amide bonds. The van der Waals surface area contributed by atoms with Crippen LogP contribution in [0.1, 0.15) is 5.56 Å². The lowest BCUT2D eigenvalue weighted by Crippen LogP contribution is -2.53. The molecule has 1 aromatic rings. The molecule has 1 aliphatic rings. The van der Waals surface area contributed by atoms with Crippen molar-refractivity contribution >= 4 is 21.8 Å². The Bertz CT molecular complexity index is 798. The molecule has 0 radical (unpaired) electrons. The molecular weight excluding hydrogens is 402 g/mol. The van der Waals surface area contributed by atoms with Gasteiger partial charge < -0.3 is 24.8 Å². The van der Waals surface area contributed by atoms with Gasteiger partial charge in [0.2, 0.25) is 0 Å². The Kier molecular flexibility index (Phi) is 7.52. The molecule has 1 aliphatic heterocycles. The molecule has 1 atom stereocenters. The number of para-hydroxylation sites is 1. The topological polar surface area (TPSA) is 122 Å². The number of carbonyl (C=O) groups is 2. The highest BCUT2D eigenvalue weighted by atomic mass is 32.2. The van der Waals surface area contributed by atoms with Crippen LogP contribution in [0.4, 0.5) is 13.6 Å². The van der Waals surface area contributed by atoms with Crippen LogP contribution in [-0.4, -0.2) is 75.1 Å². The van der Waals surface area contributed by atoms with Crippen molar-refractivity contribution < 1.29 is 41.4 Å². The standard InChI is InChI=1S/C16H20F2N2O7S/c17-15(18)27-13-4-2-1-3-11(13)9-28(24,25)10-12(14(21)22)19-16(23)20-5-7-26-8-6-20/h1-4,12,15H,5-10H2,(H,19,23)(H,21,22)/t12-/m0/s1. The number of hydrogen-bond acceptors (Lipinski definition) is 6. The fourth-order valence-corrected chi connectivity index (χ4v) is 4.13. The second kappa shape index (κ2) is 9.64. The third-order valence-electron chi connectivity index (χ3n) is 3.88. The van der Waals surface area contributed by atoms with Gasteiger partial charge in [-0.15, -0.1) is 0 Å². The molecule has 0 spiro atoms. The summed E-state index contributed by atoms with van der Waals surface area (Å²) >= 11 is 0. The first-order chi connectivity index (χ1) is 13.2. The third-order valence-corrected chi connectivity index (χ3v) is 5.47. The van der Waals surface area contributed by atoms with E-state index in [1.807, 2.05) is 0 Å². The van der Waals surface area contributed by atoms with E-state index in [-0.39, 0.29) is 24.4 Å². The summed E-state index contributed by atoms with van der Waals surface area (Å²) in [5.41, 5.74) is -0.0357. The van der Waals surface area contributed by atoms with E-state index in [0.717, 1.165) is 0 Å². The maximum Gasteiger partial charge on any atom is 0.387 e. The molecule has 0 unspecified atom stereocenters. The molecule has 1 aromatic carbocycles. The van der Waals surface area contributed by atoms with Gasteiger partial charge in [-0.05, 0) is 6.07 Å². The molecule has 12 heteroatoms. The number of nitrogens with zero attached hydrogens (tertiary/aromatic N) is 1. The summed E-state index contributed by atoms with van der Waals surface area (Å²) in [6, 6.07) is 2.91. The van der Waals surface area contributed by atoms with E-state index in [9.17, 15) is 31.9 Å². The molecule has 2 rings (SSSR count). The minimum Gasteiger partial charge on any atom is -0.480 e. The Morgan fingerprint density at radius 1 is 1.25 bits per heavy atom. The predicted octanol–water partition coefficient (Wildman–Crippen LogP) is 0.698. The second-order valence-electron chi connectivity index (χ2n) is 5.98. The van der Waals surface area contributed by atoms with E-state index in [2.05, 4.69) is 10.1 Å². The number of sulfone groups is 1. The number of urea groups is 1. The van der Waals surface area contributed by atoms with Crippen molar-refractivity contribution in [1.82, 2.24) is 10.2 Å². The molecule has 0 aromatic heterocycles. The lowest BCUT2D eigenvalue weighted by molar-refractivity contribution is -0.138. The van der Waals surface area contributed by atoms with Crippen molar-refractivity contribution in [3.8, 4) is 5.75 Å². The van der Waals surface area contributed by atoms with E-state index in [1.165, 1.54) is 29.2 Å². The van der Waals surface area contributed by atoms with Gasteiger partial charge in [0.05, 0.1) is 24.7 Å². The average Bonchev–Trinajstić information content (AvgIpc) is 2.62. The van der Waals surface area contributed by atoms with Gasteiger partial charge in [0.1, 0.15) is 11.8 Å². The van der Waals surface area contributed by atoms with Crippen LogP contribution in [0.15, 0.2) is 24.3 Å². The molecule has 0 bridgehead atoms. The van der Waals surface area contributed by atoms with Crippen LogP contribution in [0.5, 0.6) is 5.75 Å². The number of carbonyl (C=O) groups excluding carboxylic acids is 1. The predicted molar refractivity (Wildman–Crippen MR) is 92.9 cm³/mol. The van der Waals surface area contributed by atoms with Gasteiger partial charge in [-0.1, -0.05) is 18.2 Å². The van der Waals surface area contributed by atoms with Crippen LogP contribution < -0.4 is 10.1 Å². The number of aliphatic carboxylic acids is 1. The molecular formula is C16H20F2N2O7S. The molecule has 2 N–H and O–H groups in total. The summed E-state index contributed by atoms with van der Waals surface area (Å²) in [4.78, 5) is 24.9. The van der Waals surface area contributed by atoms with Crippen LogP contribution in [-0.2, 0) is 25.1 Å². The maximum absolute atomic E-state index is 12.5. The van der Waals surface area contributed by atoms with Crippen molar-refractivity contribution in [2.75, 3.05) is 32.1 Å². The summed E-state index contributed by atoms with van der Waals surface area (Å²) in [5.74, 6) is -3.46. The largest absolute Gasteiger partial charge is 0.480 e. The highest BCUT2D eigenvalue weighted by Gasteiger charge is 2.30. The average molecular weight is 422 g/mol. The molecule has 1 heterocycles. The van der Waals surface area contributed by atoms with E-state index < -0.39 is 46.0 Å². The van der Waals surface area contributed by atoms with Gasteiger partial charge in [-0.3, -0.25) is 0 Å². The van der Waals surface area contributed by atoms with Crippen molar-refractivity contribution in [2.45, 2.75) is 18.4 Å². The fourth-order valence-electron chi connectivity index (χ4n) is 2.57. The van der Waals surface area contributed by atoms with Gasteiger partial charge >= 0.3 is 18.6 Å². The van der Waals surface area contributed by atoms with E-state index in [0.29, 0.717) is 13.2 Å². The Morgan fingerprint density at radius 2 is 1.89 bits per heavy atom. The molecule has 1 fully saturated rings. The SMILES string of the molecule is O=C(O)[C@H](CS(=O)(=O)Cc1ccccc1OC(F)F)NC(=O)N1CCOCC1. The smallest absolute Gasteiger partial charge is 0.387 e. The van der Waals surface area contributed by atoms with Crippen molar-refractivity contribution in [3.63, 3.8) is 0 Å². The van der Waals surface area contributed by atoms with Crippen molar-refractivity contribution in [1.29, 1.82) is 0 Å². The van der Waals surface area contributed by atoms with Crippen LogP contribution >= 0.6 is 0 Å². The molecule has 0 saturated carbocycles. The number of ether oxygens (including phenoxy) is 2. The number of halogens is 2. The number of carboxylic acid groups (broad SMARTS) is 1. The number of hydrogen-bond donors (Lipinski definition) is 2. The first-order valence-electron chi connectivity index (χ1n) is 8.27. The van der Waals surface area contributed by atoms with Crippen molar-refractivity contribution in [3.05, 3.63) is 29.8 Å². The Balaban J connectivity index is 2.07. The molecule has 156 valence electrons. The van der Waals surface area contributed by atoms with Crippen molar-refractivity contribution in [2.24, 2.45) is 0 Å². The first kappa shape index (κ1) is 21.8. The third kappa shape index (κ3) is 6.60. The fraction of sp³-hybridized carbons (Fsp3) is 0.500. The monoisotopic (exact) mass is 422 g/mol. The van der Waals surface area contributed by atoms with Gasteiger partial charge in [-0.2, -0.15) is 8.78 Å². The quantitative estimate of drug-likeness (QED) is 0.632. The minimum absolute atomic E-state index is 0.0357. The minimum atomic E-state index is -4.08. The van der Waals surface area contributed by atoms with Gasteiger partial charge in [0.15, 0.2) is 9.84 Å². The van der Waals surface area contributed by atoms with Crippen LogP contribution in [0, 0.1) is 0 Å². The summed E-state index contributed by atoms with van der Waals surface area (Å²) in [6.45, 7) is -2.04. The zero-order chi connectivity index (χ0) is 20.7. The Labute approximate surface area is 160 Å². The lowest BCUT2D eigenvalue weighted by atomic mass is 10.2. The Hall–Kier alpha value is -2.47. The maximum atomic E-state index is 12.5.